The summed E-state index contributed by atoms with van der Waals surface area (Å²) < 4.78 is 26.1. The summed E-state index contributed by atoms with van der Waals surface area (Å²) in [6.45, 7) is 6.87. The fraction of sp³-hybridized carbons (Fsp3) is 0.417. The zero-order valence-electron chi connectivity index (χ0n) is 20.0. The molecule has 0 bridgehead atoms. The van der Waals surface area contributed by atoms with Gasteiger partial charge in [-0.1, -0.05) is 59.6 Å². The molecule has 2 aromatic carbocycles. The molecular formula is C24H31Cl2N3O4S. The van der Waals surface area contributed by atoms with E-state index in [2.05, 4.69) is 5.32 Å². The van der Waals surface area contributed by atoms with Crippen molar-refractivity contribution in [2.75, 3.05) is 23.7 Å². The maximum atomic E-state index is 13.5. The van der Waals surface area contributed by atoms with Crippen molar-refractivity contribution in [3.8, 4) is 0 Å². The first-order valence-corrected chi connectivity index (χ1v) is 13.4. The standard InChI is InChI=1S/C24H31Cl2N3O4S/c1-17(23(31)27-24(2,3)4)28(15-14-18-10-7-6-8-11-18)21(30)16-29(34(5,32)33)20-13-9-12-19(25)22(20)26/h6-13,17H,14-16H2,1-5H3,(H,27,31)/t17-/m1/s1. The van der Waals surface area contributed by atoms with Gasteiger partial charge in [0.1, 0.15) is 12.6 Å². The summed E-state index contributed by atoms with van der Waals surface area (Å²) in [6.07, 6.45) is 1.48. The van der Waals surface area contributed by atoms with Crippen LogP contribution in [0.25, 0.3) is 0 Å². The highest BCUT2D eigenvalue weighted by Crippen LogP contribution is 2.33. The smallest absolute Gasteiger partial charge is 0.244 e. The van der Waals surface area contributed by atoms with E-state index in [1.807, 2.05) is 51.1 Å². The molecule has 0 aliphatic rings. The molecule has 10 heteroatoms. The Morgan fingerprint density at radius 3 is 2.21 bits per heavy atom. The van der Waals surface area contributed by atoms with E-state index < -0.39 is 34.1 Å². The molecule has 7 nitrogen and oxygen atoms in total. The predicted molar refractivity (Wildman–Crippen MR) is 138 cm³/mol. The predicted octanol–water partition coefficient (Wildman–Crippen LogP) is 4.13. The first-order chi connectivity index (χ1) is 15.7. The molecule has 0 unspecified atom stereocenters. The Morgan fingerprint density at radius 2 is 1.65 bits per heavy atom. The number of rotatable bonds is 9. The van der Waals surface area contributed by atoms with Gasteiger partial charge < -0.3 is 10.2 Å². The summed E-state index contributed by atoms with van der Waals surface area (Å²) in [5.74, 6) is -0.866. The number of amides is 2. The third kappa shape index (κ3) is 7.89. The highest BCUT2D eigenvalue weighted by atomic mass is 35.5. The van der Waals surface area contributed by atoms with Gasteiger partial charge in [-0.15, -0.1) is 0 Å². The van der Waals surface area contributed by atoms with Gasteiger partial charge in [0.15, 0.2) is 0 Å². The maximum absolute atomic E-state index is 13.5. The van der Waals surface area contributed by atoms with Gasteiger partial charge >= 0.3 is 0 Å². The molecule has 0 saturated heterocycles. The summed E-state index contributed by atoms with van der Waals surface area (Å²) in [7, 11) is -3.89. The van der Waals surface area contributed by atoms with Crippen LogP contribution in [0.15, 0.2) is 48.5 Å². The number of benzene rings is 2. The van der Waals surface area contributed by atoms with Crippen molar-refractivity contribution >= 4 is 50.7 Å². The van der Waals surface area contributed by atoms with Gasteiger partial charge in [-0.3, -0.25) is 13.9 Å². The lowest BCUT2D eigenvalue weighted by Gasteiger charge is -2.33. The lowest BCUT2D eigenvalue weighted by atomic mass is 10.1. The number of carbonyl (C=O) groups is 2. The van der Waals surface area contributed by atoms with Crippen LogP contribution in [0.3, 0.4) is 0 Å². The van der Waals surface area contributed by atoms with Gasteiger partial charge in [0.25, 0.3) is 0 Å². The molecule has 2 aromatic rings. The Kier molecular flexibility index (Phi) is 9.39. The van der Waals surface area contributed by atoms with E-state index in [-0.39, 0.29) is 28.2 Å². The van der Waals surface area contributed by atoms with Crippen molar-refractivity contribution in [1.29, 1.82) is 0 Å². The normalized spacial score (nSPS) is 12.7. The molecule has 0 aromatic heterocycles. The number of anilines is 1. The van der Waals surface area contributed by atoms with E-state index in [0.717, 1.165) is 16.1 Å². The van der Waals surface area contributed by atoms with Gasteiger partial charge in [-0.05, 0) is 51.8 Å². The van der Waals surface area contributed by atoms with Crippen molar-refractivity contribution < 1.29 is 18.0 Å². The molecule has 0 fully saturated rings. The van der Waals surface area contributed by atoms with E-state index in [1.165, 1.54) is 17.0 Å². The molecule has 0 aliphatic heterocycles. The molecule has 0 saturated carbocycles. The molecule has 1 N–H and O–H groups in total. The lowest BCUT2D eigenvalue weighted by molar-refractivity contribution is -0.139. The summed E-state index contributed by atoms with van der Waals surface area (Å²) >= 11 is 12.3. The number of sulfonamides is 1. The van der Waals surface area contributed by atoms with Crippen molar-refractivity contribution in [2.24, 2.45) is 0 Å². The number of halogens is 2. The molecule has 0 aliphatic carbocycles. The second-order valence-electron chi connectivity index (χ2n) is 9.08. The number of carbonyl (C=O) groups excluding carboxylic acids is 2. The number of hydrogen-bond acceptors (Lipinski definition) is 4. The zero-order valence-corrected chi connectivity index (χ0v) is 22.3. The Hall–Kier alpha value is -2.29. The van der Waals surface area contributed by atoms with Crippen molar-refractivity contribution in [3.05, 3.63) is 64.1 Å². The van der Waals surface area contributed by atoms with Crippen LogP contribution in [0.4, 0.5) is 5.69 Å². The minimum atomic E-state index is -3.89. The largest absolute Gasteiger partial charge is 0.350 e. The third-order valence-electron chi connectivity index (χ3n) is 5.03. The van der Waals surface area contributed by atoms with E-state index in [4.69, 9.17) is 23.2 Å². The van der Waals surface area contributed by atoms with E-state index in [9.17, 15) is 18.0 Å². The van der Waals surface area contributed by atoms with Crippen LogP contribution in [0.1, 0.15) is 33.3 Å². The Labute approximate surface area is 212 Å². The second-order valence-corrected chi connectivity index (χ2v) is 11.8. The van der Waals surface area contributed by atoms with Crippen LogP contribution in [-0.4, -0.2) is 56.1 Å². The zero-order chi connectivity index (χ0) is 25.7. The lowest BCUT2D eigenvalue weighted by Crippen LogP contribution is -2.55. The Balaban J connectivity index is 2.37. The van der Waals surface area contributed by atoms with E-state index >= 15 is 0 Å². The third-order valence-corrected chi connectivity index (χ3v) is 6.96. The molecule has 2 amide bonds. The molecule has 2 rings (SSSR count). The average Bonchev–Trinajstić information content (AvgIpc) is 2.73. The summed E-state index contributed by atoms with van der Waals surface area (Å²) in [6, 6.07) is 13.3. The van der Waals surface area contributed by atoms with Gasteiger partial charge in [0, 0.05) is 12.1 Å². The molecule has 34 heavy (non-hydrogen) atoms. The van der Waals surface area contributed by atoms with Crippen molar-refractivity contribution in [1.82, 2.24) is 10.2 Å². The maximum Gasteiger partial charge on any atom is 0.244 e. The fourth-order valence-electron chi connectivity index (χ4n) is 3.32. The molecule has 186 valence electrons. The van der Waals surface area contributed by atoms with E-state index in [0.29, 0.717) is 6.42 Å². The van der Waals surface area contributed by atoms with Crippen LogP contribution in [0, 0.1) is 0 Å². The van der Waals surface area contributed by atoms with Crippen LogP contribution >= 0.6 is 23.2 Å². The van der Waals surface area contributed by atoms with Gasteiger partial charge in [-0.2, -0.15) is 0 Å². The quantitative estimate of drug-likeness (QED) is 0.530. The van der Waals surface area contributed by atoms with Crippen molar-refractivity contribution in [3.63, 3.8) is 0 Å². The Morgan fingerprint density at radius 1 is 1.03 bits per heavy atom. The molecule has 0 radical (unpaired) electrons. The van der Waals surface area contributed by atoms with Gasteiger partial charge in [-0.25, -0.2) is 8.42 Å². The highest BCUT2D eigenvalue weighted by Gasteiger charge is 2.31. The molecular weight excluding hydrogens is 497 g/mol. The summed E-state index contributed by atoms with van der Waals surface area (Å²) in [5.41, 5.74) is 0.591. The first kappa shape index (κ1) is 28.0. The summed E-state index contributed by atoms with van der Waals surface area (Å²) in [4.78, 5) is 27.8. The monoisotopic (exact) mass is 527 g/mol. The molecule has 0 heterocycles. The van der Waals surface area contributed by atoms with E-state index in [1.54, 1.807) is 13.0 Å². The first-order valence-electron chi connectivity index (χ1n) is 10.8. The van der Waals surface area contributed by atoms with Crippen molar-refractivity contribution in [2.45, 2.75) is 45.7 Å². The number of hydrogen-bond donors (Lipinski definition) is 1. The van der Waals surface area contributed by atoms with Gasteiger partial charge in [0.2, 0.25) is 21.8 Å². The fourth-order valence-corrected chi connectivity index (χ4v) is 4.63. The number of nitrogens with one attached hydrogen (secondary N) is 1. The van der Waals surface area contributed by atoms with Crippen LogP contribution < -0.4 is 9.62 Å². The minimum Gasteiger partial charge on any atom is -0.350 e. The average molecular weight is 529 g/mol. The van der Waals surface area contributed by atoms with Crippen LogP contribution in [-0.2, 0) is 26.0 Å². The Bertz CT molecular complexity index is 1120. The van der Waals surface area contributed by atoms with Crippen LogP contribution in [0.5, 0.6) is 0 Å². The SMILES string of the molecule is C[C@H](C(=O)NC(C)(C)C)N(CCc1ccccc1)C(=O)CN(c1cccc(Cl)c1Cl)S(C)(=O)=O. The number of nitrogens with zero attached hydrogens (tertiary/aromatic N) is 2. The highest BCUT2D eigenvalue weighted by molar-refractivity contribution is 7.92. The van der Waals surface area contributed by atoms with Crippen LogP contribution in [0.2, 0.25) is 10.0 Å². The molecule has 0 spiro atoms. The second kappa shape index (κ2) is 11.4. The minimum absolute atomic E-state index is 0.0248. The van der Waals surface area contributed by atoms with Gasteiger partial charge in [0.05, 0.1) is 22.0 Å². The molecule has 1 atom stereocenters. The summed E-state index contributed by atoms with van der Waals surface area (Å²) in [5, 5.41) is 3.07. The topological polar surface area (TPSA) is 86.8 Å².